The van der Waals surface area contributed by atoms with Crippen LogP contribution in [0, 0.1) is 0 Å². The van der Waals surface area contributed by atoms with Gasteiger partial charge in [-0.05, 0) is 12.1 Å². The first-order chi connectivity index (χ1) is 9.27. The van der Waals surface area contributed by atoms with Crippen LogP contribution in [-0.2, 0) is 15.5 Å². The highest BCUT2D eigenvalue weighted by Crippen LogP contribution is 2.04. The van der Waals surface area contributed by atoms with Crippen molar-refractivity contribution in [3.8, 4) is 0 Å². The average molecular weight is 282 g/mol. The fourth-order valence-electron chi connectivity index (χ4n) is 1.82. The van der Waals surface area contributed by atoms with E-state index in [0.29, 0.717) is 38.6 Å². The van der Waals surface area contributed by atoms with Gasteiger partial charge in [-0.15, -0.1) is 0 Å². The van der Waals surface area contributed by atoms with Crippen LogP contribution in [0.1, 0.15) is 0 Å². The molecule has 6 heteroatoms. The number of carbonyl (C=O) groups excluding carboxylic acids is 1. The second kappa shape index (κ2) is 7.25. The molecule has 19 heavy (non-hydrogen) atoms. The van der Waals surface area contributed by atoms with E-state index in [1.807, 2.05) is 30.3 Å². The first kappa shape index (κ1) is 14.0. The van der Waals surface area contributed by atoms with E-state index in [1.54, 1.807) is 4.90 Å². The summed E-state index contributed by atoms with van der Waals surface area (Å²) in [4.78, 5) is 14.3. The zero-order valence-electron chi connectivity index (χ0n) is 10.7. The maximum atomic E-state index is 11.9. The van der Waals surface area contributed by atoms with Crippen LogP contribution in [-0.4, -0.2) is 53.7 Å². The highest BCUT2D eigenvalue weighted by molar-refractivity contribution is 7.85. The number of rotatable bonds is 4. The van der Waals surface area contributed by atoms with Gasteiger partial charge in [0.1, 0.15) is 0 Å². The van der Waals surface area contributed by atoms with Crippen molar-refractivity contribution in [1.82, 2.24) is 10.2 Å². The second-order valence-corrected chi connectivity index (χ2v) is 5.76. The number of carbonyl (C=O) groups is 1. The van der Waals surface area contributed by atoms with Crippen molar-refractivity contribution in [2.24, 2.45) is 0 Å². The molecule has 1 fully saturated rings. The van der Waals surface area contributed by atoms with E-state index in [2.05, 4.69) is 5.32 Å². The van der Waals surface area contributed by atoms with Crippen molar-refractivity contribution in [3.63, 3.8) is 0 Å². The summed E-state index contributed by atoms with van der Waals surface area (Å²) in [6.07, 6.45) is 0. The molecule has 1 aliphatic rings. The largest absolute Gasteiger partial charge is 0.378 e. The molecule has 5 nitrogen and oxygen atoms in total. The van der Waals surface area contributed by atoms with Crippen LogP contribution in [0.5, 0.6) is 0 Å². The first-order valence-electron chi connectivity index (χ1n) is 6.31. The molecule has 0 radical (unpaired) electrons. The molecule has 1 aliphatic heterocycles. The van der Waals surface area contributed by atoms with E-state index in [9.17, 15) is 9.00 Å². The summed E-state index contributed by atoms with van der Waals surface area (Å²) in [6.45, 7) is 2.83. The van der Waals surface area contributed by atoms with Gasteiger partial charge < -0.3 is 15.0 Å². The van der Waals surface area contributed by atoms with Crippen LogP contribution in [0.2, 0.25) is 0 Å². The Hall–Kier alpha value is -1.40. The average Bonchev–Trinajstić information content (AvgIpc) is 2.49. The molecule has 1 saturated heterocycles. The minimum Gasteiger partial charge on any atom is -0.378 e. The molecular formula is C13H18N2O3S. The van der Waals surface area contributed by atoms with E-state index in [4.69, 9.17) is 4.74 Å². The Balaban J connectivity index is 1.71. The Morgan fingerprint density at radius 1 is 1.26 bits per heavy atom. The third kappa shape index (κ3) is 4.33. The van der Waals surface area contributed by atoms with Crippen LogP contribution in [0.15, 0.2) is 35.2 Å². The number of ether oxygens (including phenoxy) is 1. The molecule has 0 aliphatic carbocycles. The molecule has 104 valence electrons. The standard InChI is InChI=1S/C13H18N2O3S/c16-13(15-7-9-18-10-8-15)14-6-11-19(17)12-4-2-1-3-5-12/h1-5H,6-11H2,(H,14,16)/t19-/m1/s1. The highest BCUT2D eigenvalue weighted by atomic mass is 32.2. The molecule has 1 aromatic carbocycles. The van der Waals surface area contributed by atoms with Crippen molar-refractivity contribution in [2.75, 3.05) is 38.6 Å². The van der Waals surface area contributed by atoms with Crippen molar-refractivity contribution >= 4 is 16.8 Å². The SMILES string of the molecule is O=C(NCC[S@@](=O)c1ccccc1)N1CCOCC1. The van der Waals surface area contributed by atoms with Gasteiger partial charge in [-0.25, -0.2) is 4.79 Å². The summed E-state index contributed by atoms with van der Waals surface area (Å²) in [5.74, 6) is 0.431. The molecule has 1 atom stereocenters. The van der Waals surface area contributed by atoms with Gasteiger partial charge >= 0.3 is 6.03 Å². The van der Waals surface area contributed by atoms with Crippen LogP contribution < -0.4 is 5.32 Å². The molecule has 2 amide bonds. The van der Waals surface area contributed by atoms with Crippen molar-refractivity contribution in [3.05, 3.63) is 30.3 Å². The molecule has 0 unspecified atom stereocenters. The smallest absolute Gasteiger partial charge is 0.317 e. The molecule has 1 aromatic rings. The van der Waals surface area contributed by atoms with Crippen molar-refractivity contribution in [1.29, 1.82) is 0 Å². The number of urea groups is 1. The molecule has 0 spiro atoms. The highest BCUT2D eigenvalue weighted by Gasteiger charge is 2.16. The second-order valence-electron chi connectivity index (χ2n) is 4.19. The van der Waals surface area contributed by atoms with Gasteiger partial charge in [0, 0.05) is 30.3 Å². The van der Waals surface area contributed by atoms with Crippen LogP contribution in [0.4, 0.5) is 4.79 Å². The van der Waals surface area contributed by atoms with Gasteiger partial charge in [-0.1, -0.05) is 18.2 Å². The number of amides is 2. The molecule has 1 N–H and O–H groups in total. The number of nitrogens with one attached hydrogen (secondary N) is 1. The summed E-state index contributed by atoms with van der Waals surface area (Å²) in [5.41, 5.74) is 0. The van der Waals surface area contributed by atoms with Crippen molar-refractivity contribution in [2.45, 2.75) is 4.90 Å². The summed E-state index contributed by atoms with van der Waals surface area (Å²) in [6, 6.07) is 9.17. The number of benzene rings is 1. The molecular weight excluding hydrogens is 264 g/mol. The Kier molecular flexibility index (Phi) is 5.35. The monoisotopic (exact) mass is 282 g/mol. The normalized spacial score (nSPS) is 16.9. The van der Waals surface area contributed by atoms with Crippen molar-refractivity contribution < 1.29 is 13.7 Å². The quantitative estimate of drug-likeness (QED) is 0.890. The number of hydrogen-bond acceptors (Lipinski definition) is 3. The molecule has 0 aromatic heterocycles. The molecule has 0 bridgehead atoms. The lowest BCUT2D eigenvalue weighted by Crippen LogP contribution is -2.46. The third-order valence-corrected chi connectivity index (χ3v) is 4.24. The van der Waals surface area contributed by atoms with Gasteiger partial charge in [0.2, 0.25) is 0 Å². The van der Waals surface area contributed by atoms with E-state index < -0.39 is 10.8 Å². The van der Waals surface area contributed by atoms with Crippen LogP contribution in [0.3, 0.4) is 0 Å². The Bertz CT molecular complexity index is 433. The lowest BCUT2D eigenvalue weighted by molar-refractivity contribution is 0.0533. The van der Waals surface area contributed by atoms with Gasteiger partial charge in [-0.3, -0.25) is 4.21 Å². The minimum atomic E-state index is -1.06. The summed E-state index contributed by atoms with van der Waals surface area (Å²) in [5, 5.41) is 2.79. The summed E-state index contributed by atoms with van der Waals surface area (Å²) in [7, 11) is -1.06. The predicted molar refractivity (Wildman–Crippen MR) is 73.5 cm³/mol. The van der Waals surface area contributed by atoms with E-state index in [0.717, 1.165) is 4.90 Å². The maximum Gasteiger partial charge on any atom is 0.317 e. The predicted octanol–water partition coefficient (Wildman–Crippen LogP) is 0.836. The topological polar surface area (TPSA) is 58.6 Å². The number of nitrogens with zero attached hydrogens (tertiary/aromatic N) is 1. The summed E-state index contributed by atoms with van der Waals surface area (Å²) >= 11 is 0. The lowest BCUT2D eigenvalue weighted by atomic mass is 10.4. The van der Waals surface area contributed by atoms with E-state index in [1.165, 1.54) is 0 Å². The van der Waals surface area contributed by atoms with Gasteiger partial charge in [0.15, 0.2) is 0 Å². The zero-order valence-corrected chi connectivity index (χ0v) is 11.5. The van der Waals surface area contributed by atoms with E-state index >= 15 is 0 Å². The van der Waals surface area contributed by atoms with Crippen LogP contribution >= 0.6 is 0 Å². The zero-order chi connectivity index (χ0) is 13.5. The fourth-order valence-corrected chi connectivity index (χ4v) is 2.80. The Morgan fingerprint density at radius 3 is 2.63 bits per heavy atom. The van der Waals surface area contributed by atoms with Gasteiger partial charge in [-0.2, -0.15) is 0 Å². The van der Waals surface area contributed by atoms with Crippen LogP contribution in [0.25, 0.3) is 0 Å². The molecule has 0 saturated carbocycles. The Labute approximate surface area is 115 Å². The number of morpholine rings is 1. The fraction of sp³-hybridized carbons (Fsp3) is 0.462. The maximum absolute atomic E-state index is 11.9. The summed E-state index contributed by atoms with van der Waals surface area (Å²) < 4.78 is 17.1. The molecule has 2 rings (SSSR count). The lowest BCUT2D eigenvalue weighted by Gasteiger charge is -2.26. The number of hydrogen-bond donors (Lipinski definition) is 1. The van der Waals surface area contributed by atoms with Gasteiger partial charge in [0.25, 0.3) is 0 Å². The first-order valence-corrected chi connectivity index (χ1v) is 7.63. The minimum absolute atomic E-state index is 0.103. The van der Waals surface area contributed by atoms with E-state index in [-0.39, 0.29) is 6.03 Å². The Morgan fingerprint density at radius 2 is 1.95 bits per heavy atom. The third-order valence-electron chi connectivity index (χ3n) is 2.87. The molecule has 1 heterocycles. The van der Waals surface area contributed by atoms with Gasteiger partial charge in [0.05, 0.1) is 24.0 Å².